The van der Waals surface area contributed by atoms with Crippen LogP contribution in [-0.2, 0) is 4.79 Å². The average Bonchev–Trinajstić information content (AvgIpc) is 2.84. The number of anilines is 1. The van der Waals surface area contributed by atoms with E-state index in [2.05, 4.69) is 41.7 Å². The number of nitrogens with one attached hydrogen (secondary N) is 1. The number of nitrogens with zero attached hydrogens (tertiary/aromatic N) is 1. The third kappa shape index (κ3) is 4.43. The molecule has 0 aromatic heterocycles. The Bertz CT molecular complexity index is 1120. The van der Waals surface area contributed by atoms with E-state index in [0.29, 0.717) is 5.69 Å². The molecule has 32 heavy (non-hydrogen) atoms. The molecule has 0 saturated heterocycles. The van der Waals surface area contributed by atoms with Crippen molar-refractivity contribution >= 4 is 40.5 Å². The van der Waals surface area contributed by atoms with Gasteiger partial charge in [-0.05, 0) is 42.5 Å². The van der Waals surface area contributed by atoms with Crippen LogP contribution in [0.1, 0.15) is 0 Å². The maximum absolute atomic E-state index is 13.4. The van der Waals surface area contributed by atoms with E-state index in [9.17, 15) is 14.9 Å². The molecule has 0 fully saturated rings. The van der Waals surface area contributed by atoms with Crippen molar-refractivity contribution in [1.29, 1.82) is 0 Å². The molecule has 0 radical (unpaired) electrons. The smallest absolute Gasteiger partial charge is 0.271 e. The van der Waals surface area contributed by atoms with Crippen LogP contribution in [0.5, 0.6) is 0 Å². The first-order chi connectivity index (χ1) is 15.6. The van der Waals surface area contributed by atoms with Gasteiger partial charge >= 0.3 is 0 Å². The van der Waals surface area contributed by atoms with Gasteiger partial charge in [-0.25, -0.2) is 0 Å². The van der Waals surface area contributed by atoms with Crippen LogP contribution in [-0.4, -0.2) is 17.0 Å². The lowest BCUT2D eigenvalue weighted by Crippen LogP contribution is -2.37. The predicted octanol–water partition coefficient (Wildman–Crippen LogP) is 4.53. The fourth-order valence-electron chi connectivity index (χ4n) is 3.88. The van der Waals surface area contributed by atoms with Gasteiger partial charge in [0.2, 0.25) is 0 Å². The molecule has 0 spiro atoms. The summed E-state index contributed by atoms with van der Waals surface area (Å²) in [5.74, 6) is -0.185. The van der Waals surface area contributed by atoms with E-state index in [1.807, 2.05) is 54.6 Å². The van der Waals surface area contributed by atoms with E-state index in [1.54, 1.807) is 12.1 Å². The molecule has 4 aromatic carbocycles. The topological polar surface area (TPSA) is 72.2 Å². The van der Waals surface area contributed by atoms with Gasteiger partial charge in [0, 0.05) is 17.8 Å². The van der Waals surface area contributed by atoms with Crippen LogP contribution in [0.3, 0.4) is 0 Å². The summed E-state index contributed by atoms with van der Waals surface area (Å²) >= 11 is 0. The molecule has 1 amide bonds. The quantitative estimate of drug-likeness (QED) is 0.260. The van der Waals surface area contributed by atoms with Gasteiger partial charge in [0.05, 0.1) is 4.92 Å². The molecule has 5 nitrogen and oxygen atoms in total. The van der Waals surface area contributed by atoms with Crippen molar-refractivity contribution in [2.24, 2.45) is 0 Å². The second kappa shape index (κ2) is 9.54. The largest absolute Gasteiger partial charge is 0.323 e. The highest BCUT2D eigenvalue weighted by molar-refractivity contribution is 7.96. The van der Waals surface area contributed by atoms with Gasteiger partial charge in [-0.15, -0.1) is 0 Å². The number of nitro groups is 1. The van der Waals surface area contributed by atoms with Crippen molar-refractivity contribution in [3.05, 3.63) is 125 Å². The molecular formula is C26H22N2O3P+. The number of amides is 1. The maximum Gasteiger partial charge on any atom is 0.271 e. The number of hydrogen-bond acceptors (Lipinski definition) is 3. The van der Waals surface area contributed by atoms with Crippen molar-refractivity contribution < 1.29 is 9.72 Å². The number of non-ortho nitro benzene ring substituents is 1. The van der Waals surface area contributed by atoms with E-state index in [4.69, 9.17) is 0 Å². The number of hydrogen-bond donors (Lipinski definition) is 1. The van der Waals surface area contributed by atoms with Crippen LogP contribution < -0.4 is 21.2 Å². The summed E-state index contributed by atoms with van der Waals surface area (Å²) in [6.45, 7) is 0. The molecule has 158 valence electrons. The van der Waals surface area contributed by atoms with Gasteiger partial charge in [-0.2, -0.15) is 0 Å². The lowest BCUT2D eigenvalue weighted by molar-refractivity contribution is -0.384. The minimum Gasteiger partial charge on any atom is -0.323 e. The van der Waals surface area contributed by atoms with E-state index < -0.39 is 12.2 Å². The number of carbonyl (C=O) groups is 1. The van der Waals surface area contributed by atoms with Crippen LogP contribution in [0.2, 0.25) is 0 Å². The van der Waals surface area contributed by atoms with Gasteiger partial charge in [-0.1, -0.05) is 60.7 Å². The summed E-state index contributed by atoms with van der Waals surface area (Å²) in [6, 6.07) is 36.4. The number of benzene rings is 4. The Labute approximate surface area is 187 Å². The molecule has 0 atom stereocenters. The van der Waals surface area contributed by atoms with Gasteiger partial charge in [0.1, 0.15) is 23.2 Å². The molecule has 0 heterocycles. The molecule has 1 N–H and O–H groups in total. The third-order valence-corrected chi connectivity index (χ3v) is 9.61. The number of rotatable bonds is 7. The monoisotopic (exact) mass is 441 g/mol. The second-order valence-corrected chi connectivity index (χ2v) is 10.8. The first-order valence-corrected chi connectivity index (χ1v) is 12.2. The Hall–Kier alpha value is -3.82. The Kier molecular flexibility index (Phi) is 6.39. The molecule has 0 aliphatic rings. The number of carbonyl (C=O) groups excluding carboxylic acids is 1. The summed E-state index contributed by atoms with van der Waals surface area (Å²) in [4.78, 5) is 24.0. The normalized spacial score (nSPS) is 11.0. The van der Waals surface area contributed by atoms with Gasteiger partial charge in [0.25, 0.3) is 11.6 Å². The highest BCUT2D eigenvalue weighted by Gasteiger charge is 2.47. The molecule has 0 bridgehead atoms. The Morgan fingerprint density at radius 2 is 1.19 bits per heavy atom. The average molecular weight is 441 g/mol. The van der Waals surface area contributed by atoms with E-state index in [-0.39, 0.29) is 17.8 Å². The zero-order chi connectivity index (χ0) is 22.4. The van der Waals surface area contributed by atoms with Crippen LogP contribution in [0.4, 0.5) is 11.4 Å². The highest BCUT2D eigenvalue weighted by Crippen LogP contribution is 2.55. The van der Waals surface area contributed by atoms with Crippen LogP contribution in [0.15, 0.2) is 115 Å². The Morgan fingerprint density at radius 1 is 0.719 bits per heavy atom. The molecule has 0 aliphatic heterocycles. The highest BCUT2D eigenvalue weighted by atomic mass is 31.2. The van der Waals surface area contributed by atoms with E-state index in [1.165, 1.54) is 12.1 Å². The standard InChI is InChI=1S/C26H21N2O3P/c29-26(27-21-11-10-12-22(19-21)28(30)31)20-32(23-13-4-1-5-14-23,24-15-6-2-7-16-24)25-17-8-3-9-18-25/h1-19H,20H2/p+1. The molecule has 0 unspecified atom stereocenters. The lowest BCUT2D eigenvalue weighted by Gasteiger charge is -2.27. The lowest BCUT2D eigenvalue weighted by atomic mass is 10.3. The first-order valence-electron chi connectivity index (χ1n) is 10.2. The SMILES string of the molecule is O=C(C[P+](c1ccccc1)(c1ccccc1)c1ccccc1)Nc1cccc([N+](=O)[O-])c1. The van der Waals surface area contributed by atoms with E-state index in [0.717, 1.165) is 15.9 Å². The van der Waals surface area contributed by atoms with Crippen LogP contribution in [0.25, 0.3) is 0 Å². The molecule has 4 aromatic rings. The van der Waals surface area contributed by atoms with Crippen molar-refractivity contribution in [3.63, 3.8) is 0 Å². The second-order valence-electron chi connectivity index (χ2n) is 7.33. The van der Waals surface area contributed by atoms with Gasteiger partial charge in [-0.3, -0.25) is 14.9 Å². The summed E-state index contributed by atoms with van der Waals surface area (Å²) in [5.41, 5.74) is 0.356. The molecule has 0 saturated carbocycles. The Morgan fingerprint density at radius 3 is 1.62 bits per heavy atom. The summed E-state index contributed by atoms with van der Waals surface area (Å²) < 4.78 is 0. The molecule has 0 aliphatic carbocycles. The molecular weight excluding hydrogens is 419 g/mol. The van der Waals surface area contributed by atoms with Crippen molar-refractivity contribution in [2.45, 2.75) is 0 Å². The van der Waals surface area contributed by atoms with Gasteiger partial charge < -0.3 is 5.32 Å². The molecule has 6 heteroatoms. The van der Waals surface area contributed by atoms with Crippen molar-refractivity contribution in [3.8, 4) is 0 Å². The summed E-state index contributed by atoms with van der Waals surface area (Å²) in [6.07, 6.45) is 0.244. The minimum atomic E-state index is -2.32. The van der Waals surface area contributed by atoms with Crippen LogP contribution in [0, 0.1) is 10.1 Å². The number of nitro benzene ring substituents is 1. The first kappa shape index (κ1) is 21.4. The van der Waals surface area contributed by atoms with Crippen LogP contribution >= 0.6 is 7.26 Å². The fourth-order valence-corrected chi connectivity index (χ4v) is 7.88. The van der Waals surface area contributed by atoms with Gasteiger partial charge in [0.15, 0.2) is 6.16 Å². The molecule has 4 rings (SSSR count). The maximum atomic E-state index is 13.4. The minimum absolute atomic E-state index is 0.0574. The Balaban J connectivity index is 1.80. The van der Waals surface area contributed by atoms with Crippen molar-refractivity contribution in [2.75, 3.05) is 11.5 Å². The third-order valence-electron chi connectivity index (χ3n) is 5.31. The summed E-state index contributed by atoms with van der Waals surface area (Å²) in [5, 5.41) is 17.3. The zero-order valence-corrected chi connectivity index (χ0v) is 18.2. The summed E-state index contributed by atoms with van der Waals surface area (Å²) in [7, 11) is -2.32. The zero-order valence-electron chi connectivity index (χ0n) is 17.3. The predicted molar refractivity (Wildman–Crippen MR) is 132 cm³/mol. The van der Waals surface area contributed by atoms with E-state index >= 15 is 0 Å². The fraction of sp³-hybridized carbons (Fsp3) is 0.0385. The van der Waals surface area contributed by atoms with Crippen molar-refractivity contribution in [1.82, 2.24) is 0 Å².